The van der Waals surface area contributed by atoms with E-state index in [1.54, 1.807) is 4.68 Å². The van der Waals surface area contributed by atoms with Crippen molar-refractivity contribution < 1.29 is 4.79 Å². The van der Waals surface area contributed by atoms with E-state index in [2.05, 4.69) is 46.5 Å². The second kappa shape index (κ2) is 6.44. The molecule has 0 aliphatic carbocycles. The molecule has 3 rings (SSSR count). The molecular formula is C18H24N4O. The number of aryl methyl sites for hydroxylation is 2. The summed E-state index contributed by atoms with van der Waals surface area (Å²) in [6, 6.07) is 10.8. The smallest absolute Gasteiger partial charge is 0.241 e. The number of hydrogen-bond donors (Lipinski definition) is 1. The van der Waals surface area contributed by atoms with Gasteiger partial charge in [0.25, 0.3) is 0 Å². The van der Waals surface area contributed by atoms with Crippen LogP contribution in [0.1, 0.15) is 23.9 Å². The van der Waals surface area contributed by atoms with Crippen molar-refractivity contribution >= 4 is 11.6 Å². The molecule has 1 amide bonds. The van der Waals surface area contributed by atoms with Gasteiger partial charge in [-0.1, -0.05) is 18.2 Å². The number of benzene rings is 1. The van der Waals surface area contributed by atoms with Gasteiger partial charge in [-0.15, -0.1) is 0 Å². The predicted octanol–water partition coefficient (Wildman–Crippen LogP) is 2.07. The van der Waals surface area contributed by atoms with Crippen molar-refractivity contribution in [3.63, 3.8) is 0 Å². The molecule has 1 aliphatic rings. The van der Waals surface area contributed by atoms with Crippen molar-refractivity contribution in [2.24, 2.45) is 0 Å². The molecule has 0 spiro atoms. The van der Waals surface area contributed by atoms with Crippen molar-refractivity contribution in [1.29, 1.82) is 0 Å². The molecule has 2 heterocycles. The fraction of sp³-hybridized carbons (Fsp3) is 0.444. The van der Waals surface area contributed by atoms with Crippen molar-refractivity contribution in [2.45, 2.75) is 39.8 Å². The average Bonchev–Trinajstić information content (AvgIpc) is 3.08. The van der Waals surface area contributed by atoms with Crippen LogP contribution in [-0.4, -0.2) is 34.8 Å². The van der Waals surface area contributed by atoms with E-state index in [-0.39, 0.29) is 18.5 Å². The lowest BCUT2D eigenvalue weighted by atomic mass is 10.2. The van der Waals surface area contributed by atoms with E-state index in [0.717, 1.165) is 24.4 Å². The fourth-order valence-electron chi connectivity index (χ4n) is 3.22. The highest BCUT2D eigenvalue weighted by Crippen LogP contribution is 2.28. The van der Waals surface area contributed by atoms with Gasteiger partial charge in [-0.05, 0) is 44.9 Å². The zero-order valence-electron chi connectivity index (χ0n) is 14.0. The summed E-state index contributed by atoms with van der Waals surface area (Å²) in [6.07, 6.45) is 1.08. The first-order valence-electron chi connectivity index (χ1n) is 8.17. The Bertz CT molecular complexity index is 707. The van der Waals surface area contributed by atoms with E-state index < -0.39 is 0 Å². The Morgan fingerprint density at radius 2 is 2.13 bits per heavy atom. The standard InChI is InChI=1S/C18H24N4O/c1-13-10-14(2)22(20-13)12-18(23)19-11-15(3)21-9-8-16-6-4-5-7-17(16)21/h4-7,10,15H,8-9,11-12H2,1-3H3,(H,19,23)/t15-/m1/s1. The maximum Gasteiger partial charge on any atom is 0.241 e. The number of fused-ring (bicyclic) bond motifs is 1. The molecule has 2 aromatic rings. The van der Waals surface area contributed by atoms with Crippen LogP contribution in [0.2, 0.25) is 0 Å². The summed E-state index contributed by atoms with van der Waals surface area (Å²) < 4.78 is 1.75. The van der Waals surface area contributed by atoms with Gasteiger partial charge >= 0.3 is 0 Å². The van der Waals surface area contributed by atoms with Crippen LogP contribution in [-0.2, 0) is 17.8 Å². The fourth-order valence-corrected chi connectivity index (χ4v) is 3.22. The first-order valence-corrected chi connectivity index (χ1v) is 8.17. The number of para-hydroxylation sites is 1. The number of amides is 1. The van der Waals surface area contributed by atoms with Crippen molar-refractivity contribution in [3.05, 3.63) is 47.3 Å². The first-order chi connectivity index (χ1) is 11.0. The molecule has 122 valence electrons. The van der Waals surface area contributed by atoms with E-state index in [1.807, 2.05) is 19.9 Å². The van der Waals surface area contributed by atoms with Crippen LogP contribution in [0.3, 0.4) is 0 Å². The molecule has 0 unspecified atom stereocenters. The topological polar surface area (TPSA) is 50.2 Å². The maximum atomic E-state index is 12.1. The van der Waals surface area contributed by atoms with Gasteiger partial charge in [-0.3, -0.25) is 9.48 Å². The number of rotatable bonds is 5. The van der Waals surface area contributed by atoms with Gasteiger partial charge in [-0.2, -0.15) is 5.10 Å². The van der Waals surface area contributed by atoms with Crippen molar-refractivity contribution in [3.8, 4) is 0 Å². The third-order valence-corrected chi connectivity index (χ3v) is 4.45. The quantitative estimate of drug-likeness (QED) is 0.919. The van der Waals surface area contributed by atoms with Gasteiger partial charge in [0.1, 0.15) is 6.54 Å². The summed E-state index contributed by atoms with van der Waals surface area (Å²) in [5.41, 5.74) is 4.65. The third kappa shape index (κ3) is 3.38. The Labute approximate surface area is 137 Å². The molecule has 0 saturated heterocycles. The number of nitrogens with zero attached hydrogens (tertiary/aromatic N) is 3. The van der Waals surface area contributed by atoms with Crippen LogP contribution in [0.5, 0.6) is 0 Å². The Kier molecular flexibility index (Phi) is 4.37. The van der Waals surface area contributed by atoms with Gasteiger partial charge in [0.05, 0.1) is 5.69 Å². The van der Waals surface area contributed by atoms with Crippen LogP contribution in [0.4, 0.5) is 5.69 Å². The zero-order valence-corrected chi connectivity index (χ0v) is 14.0. The molecule has 1 atom stereocenters. The largest absolute Gasteiger partial charge is 0.366 e. The summed E-state index contributed by atoms with van der Waals surface area (Å²) in [5, 5.41) is 7.36. The van der Waals surface area contributed by atoms with Crippen molar-refractivity contribution in [1.82, 2.24) is 15.1 Å². The molecule has 0 fully saturated rings. The molecule has 1 aromatic heterocycles. The number of carbonyl (C=O) groups excluding carboxylic acids is 1. The van der Waals surface area contributed by atoms with Gasteiger partial charge in [0.2, 0.25) is 5.91 Å². The Morgan fingerprint density at radius 1 is 1.35 bits per heavy atom. The summed E-state index contributed by atoms with van der Waals surface area (Å²) in [4.78, 5) is 14.5. The van der Waals surface area contributed by atoms with Gasteiger partial charge < -0.3 is 10.2 Å². The normalized spacial score (nSPS) is 14.7. The third-order valence-electron chi connectivity index (χ3n) is 4.45. The summed E-state index contributed by atoms with van der Waals surface area (Å²) in [5.74, 6) is 0.00975. The van der Waals surface area contributed by atoms with E-state index in [4.69, 9.17) is 0 Å². The monoisotopic (exact) mass is 312 g/mol. The highest BCUT2D eigenvalue weighted by molar-refractivity contribution is 5.75. The lowest BCUT2D eigenvalue weighted by Crippen LogP contribution is -2.42. The molecule has 1 N–H and O–H groups in total. The highest BCUT2D eigenvalue weighted by atomic mass is 16.2. The van der Waals surface area contributed by atoms with Crippen LogP contribution >= 0.6 is 0 Å². The van der Waals surface area contributed by atoms with E-state index in [0.29, 0.717) is 6.54 Å². The van der Waals surface area contributed by atoms with Crippen LogP contribution in [0.25, 0.3) is 0 Å². The minimum absolute atomic E-state index is 0.00975. The average molecular weight is 312 g/mol. The summed E-state index contributed by atoms with van der Waals surface area (Å²) >= 11 is 0. The van der Waals surface area contributed by atoms with Gasteiger partial charge in [-0.25, -0.2) is 0 Å². The van der Waals surface area contributed by atoms with E-state index >= 15 is 0 Å². The minimum Gasteiger partial charge on any atom is -0.366 e. The van der Waals surface area contributed by atoms with Crippen LogP contribution in [0, 0.1) is 13.8 Å². The van der Waals surface area contributed by atoms with E-state index in [1.165, 1.54) is 11.3 Å². The molecule has 5 heteroatoms. The SMILES string of the molecule is Cc1cc(C)n(CC(=O)NC[C@@H](C)N2CCc3ccccc32)n1. The van der Waals surface area contributed by atoms with Crippen LogP contribution < -0.4 is 10.2 Å². The molecule has 0 bridgehead atoms. The summed E-state index contributed by atoms with van der Waals surface area (Å²) in [6.45, 7) is 8.01. The number of hydrogen-bond acceptors (Lipinski definition) is 3. The number of aromatic nitrogens is 2. The maximum absolute atomic E-state index is 12.1. The predicted molar refractivity (Wildman–Crippen MR) is 91.7 cm³/mol. The highest BCUT2D eigenvalue weighted by Gasteiger charge is 2.23. The molecule has 0 saturated carbocycles. The van der Waals surface area contributed by atoms with Gasteiger partial charge in [0, 0.05) is 30.5 Å². The molecule has 5 nitrogen and oxygen atoms in total. The second-order valence-electron chi connectivity index (χ2n) is 6.31. The Morgan fingerprint density at radius 3 is 2.87 bits per heavy atom. The first kappa shape index (κ1) is 15.6. The second-order valence-corrected chi connectivity index (χ2v) is 6.31. The molecule has 0 radical (unpaired) electrons. The van der Waals surface area contributed by atoms with Crippen molar-refractivity contribution in [2.75, 3.05) is 18.0 Å². The molecule has 23 heavy (non-hydrogen) atoms. The number of nitrogens with one attached hydrogen (secondary N) is 1. The summed E-state index contributed by atoms with van der Waals surface area (Å²) in [7, 11) is 0. The molecule has 1 aromatic carbocycles. The van der Waals surface area contributed by atoms with Crippen LogP contribution in [0.15, 0.2) is 30.3 Å². The molecular weight excluding hydrogens is 288 g/mol. The molecule has 1 aliphatic heterocycles. The zero-order chi connectivity index (χ0) is 16.4. The Balaban J connectivity index is 1.54. The Hall–Kier alpha value is -2.30. The number of anilines is 1. The minimum atomic E-state index is 0.00975. The van der Waals surface area contributed by atoms with E-state index in [9.17, 15) is 4.79 Å². The number of carbonyl (C=O) groups is 1. The van der Waals surface area contributed by atoms with Gasteiger partial charge in [0.15, 0.2) is 0 Å². The lowest BCUT2D eigenvalue weighted by Gasteiger charge is -2.27. The lowest BCUT2D eigenvalue weighted by molar-refractivity contribution is -0.121.